The van der Waals surface area contributed by atoms with E-state index in [-0.39, 0.29) is 12.5 Å². The van der Waals surface area contributed by atoms with Crippen molar-refractivity contribution >= 4 is 5.97 Å². The summed E-state index contributed by atoms with van der Waals surface area (Å²) in [6.07, 6.45) is 5.02. The van der Waals surface area contributed by atoms with Crippen LogP contribution in [0, 0.1) is 0 Å². The first-order valence-corrected chi connectivity index (χ1v) is 7.13. The van der Waals surface area contributed by atoms with E-state index in [1.807, 2.05) is 6.92 Å². The molecular weight excluding hydrogens is 244 g/mol. The van der Waals surface area contributed by atoms with Gasteiger partial charge in [0.2, 0.25) is 0 Å². The molecule has 0 aromatic carbocycles. The second-order valence-corrected chi connectivity index (χ2v) is 4.92. The Morgan fingerprint density at radius 1 is 1.26 bits per heavy atom. The van der Waals surface area contributed by atoms with Crippen LogP contribution in [0.5, 0.6) is 0 Å². The fourth-order valence-electron chi connectivity index (χ4n) is 2.43. The van der Waals surface area contributed by atoms with Gasteiger partial charge in [-0.2, -0.15) is 0 Å². The van der Waals surface area contributed by atoms with Gasteiger partial charge < -0.3 is 5.11 Å². The summed E-state index contributed by atoms with van der Waals surface area (Å²) in [5.74, 6) is 0.362. The van der Waals surface area contributed by atoms with E-state index in [9.17, 15) is 4.79 Å². The Labute approximate surface area is 114 Å². The molecule has 1 aromatic heterocycles. The summed E-state index contributed by atoms with van der Waals surface area (Å²) in [6.45, 7) is 6.25. The topological polar surface area (TPSA) is 80.9 Å². The highest BCUT2D eigenvalue weighted by atomic mass is 16.4. The van der Waals surface area contributed by atoms with Crippen LogP contribution < -0.4 is 0 Å². The van der Waals surface area contributed by atoms with Gasteiger partial charge in [-0.15, -0.1) is 5.10 Å². The summed E-state index contributed by atoms with van der Waals surface area (Å²) in [5, 5.41) is 20.9. The van der Waals surface area contributed by atoms with E-state index in [1.165, 1.54) is 0 Å². The Bertz CT molecular complexity index is 386. The normalized spacial score (nSPS) is 12.8. The first-order chi connectivity index (χ1) is 9.13. The van der Waals surface area contributed by atoms with E-state index in [4.69, 9.17) is 5.11 Å². The van der Waals surface area contributed by atoms with Gasteiger partial charge in [0.1, 0.15) is 0 Å². The van der Waals surface area contributed by atoms with Crippen molar-refractivity contribution in [3.8, 4) is 0 Å². The Morgan fingerprint density at radius 2 is 1.89 bits per heavy atom. The number of carboxylic acid groups (broad SMARTS) is 1. The Kier molecular flexibility index (Phi) is 6.45. The number of rotatable bonds is 9. The third kappa shape index (κ3) is 4.29. The molecule has 1 unspecified atom stereocenters. The van der Waals surface area contributed by atoms with Gasteiger partial charge in [0.05, 0.1) is 12.5 Å². The van der Waals surface area contributed by atoms with E-state index in [1.54, 1.807) is 4.68 Å². The van der Waals surface area contributed by atoms with Gasteiger partial charge in [0.15, 0.2) is 5.82 Å². The monoisotopic (exact) mass is 268 g/mol. The van der Waals surface area contributed by atoms with Gasteiger partial charge in [-0.25, -0.2) is 4.68 Å². The van der Waals surface area contributed by atoms with Gasteiger partial charge in [-0.3, -0.25) is 4.79 Å². The van der Waals surface area contributed by atoms with E-state index < -0.39 is 5.97 Å². The first-order valence-electron chi connectivity index (χ1n) is 7.13. The summed E-state index contributed by atoms with van der Waals surface area (Å²) in [7, 11) is 0. The molecule has 1 N–H and O–H groups in total. The zero-order valence-corrected chi connectivity index (χ0v) is 12.0. The van der Waals surface area contributed by atoms with Gasteiger partial charge >= 0.3 is 5.97 Å². The fraction of sp³-hybridized carbons (Fsp3) is 0.846. The molecule has 19 heavy (non-hydrogen) atoms. The van der Waals surface area contributed by atoms with Crippen LogP contribution in [0.1, 0.15) is 77.1 Å². The number of aliphatic carboxylic acids is 1. The van der Waals surface area contributed by atoms with Crippen LogP contribution in [0.15, 0.2) is 0 Å². The Morgan fingerprint density at radius 3 is 2.37 bits per heavy atom. The quantitative estimate of drug-likeness (QED) is 0.744. The van der Waals surface area contributed by atoms with Crippen LogP contribution in [-0.2, 0) is 4.79 Å². The average molecular weight is 268 g/mol. The number of carbonyl (C=O) groups is 1. The van der Waals surface area contributed by atoms with Crippen LogP contribution in [-0.4, -0.2) is 31.3 Å². The van der Waals surface area contributed by atoms with Crippen molar-refractivity contribution in [1.82, 2.24) is 20.2 Å². The molecule has 0 aliphatic carbocycles. The smallest absolute Gasteiger partial charge is 0.305 e. The van der Waals surface area contributed by atoms with Gasteiger partial charge in [0, 0.05) is 5.92 Å². The highest BCUT2D eigenvalue weighted by molar-refractivity contribution is 5.67. The zero-order valence-electron chi connectivity index (χ0n) is 12.0. The van der Waals surface area contributed by atoms with Gasteiger partial charge in [-0.05, 0) is 29.7 Å². The van der Waals surface area contributed by atoms with Crippen molar-refractivity contribution < 1.29 is 9.90 Å². The van der Waals surface area contributed by atoms with Crippen molar-refractivity contribution in [3.05, 3.63) is 5.82 Å². The maximum absolute atomic E-state index is 10.9. The minimum absolute atomic E-state index is 0.0690. The number of tetrazole rings is 1. The minimum Gasteiger partial charge on any atom is -0.481 e. The summed E-state index contributed by atoms with van der Waals surface area (Å²) in [4.78, 5) is 10.9. The molecule has 0 saturated heterocycles. The predicted molar refractivity (Wildman–Crippen MR) is 72.0 cm³/mol. The van der Waals surface area contributed by atoms with Crippen LogP contribution >= 0.6 is 0 Å². The van der Waals surface area contributed by atoms with Crippen molar-refractivity contribution in [2.75, 3.05) is 0 Å². The SMILES string of the molecule is CCCC(CCC)c1nnnn1C(CC)CC(=O)O. The molecule has 1 atom stereocenters. The van der Waals surface area contributed by atoms with E-state index in [0.717, 1.165) is 37.9 Å². The average Bonchev–Trinajstić information content (AvgIpc) is 2.84. The van der Waals surface area contributed by atoms with Crippen LogP contribution in [0.3, 0.4) is 0 Å². The lowest BCUT2D eigenvalue weighted by Gasteiger charge is -2.19. The molecule has 0 fully saturated rings. The Hall–Kier alpha value is -1.46. The molecule has 0 bridgehead atoms. The molecule has 6 heteroatoms. The molecule has 108 valence electrons. The third-order valence-electron chi connectivity index (χ3n) is 3.39. The van der Waals surface area contributed by atoms with Crippen LogP contribution in [0.25, 0.3) is 0 Å². The largest absolute Gasteiger partial charge is 0.481 e. The molecule has 0 saturated carbocycles. The third-order valence-corrected chi connectivity index (χ3v) is 3.39. The van der Waals surface area contributed by atoms with E-state index in [0.29, 0.717) is 5.92 Å². The lowest BCUT2D eigenvalue weighted by Crippen LogP contribution is -2.19. The molecule has 1 rings (SSSR count). The maximum atomic E-state index is 10.9. The highest BCUT2D eigenvalue weighted by Gasteiger charge is 2.23. The number of aromatic nitrogens is 4. The molecule has 0 radical (unpaired) electrons. The summed E-state index contributed by atoms with van der Waals surface area (Å²) < 4.78 is 1.73. The van der Waals surface area contributed by atoms with Gasteiger partial charge in [-0.1, -0.05) is 33.6 Å². The number of hydrogen-bond donors (Lipinski definition) is 1. The summed E-state index contributed by atoms with van der Waals surface area (Å²) in [6, 6.07) is -0.154. The second-order valence-electron chi connectivity index (χ2n) is 4.92. The van der Waals surface area contributed by atoms with Crippen molar-refractivity contribution in [3.63, 3.8) is 0 Å². The Balaban J connectivity index is 2.95. The number of hydrogen-bond acceptors (Lipinski definition) is 4. The number of nitrogens with zero attached hydrogens (tertiary/aromatic N) is 4. The molecule has 0 aliphatic heterocycles. The second kappa shape index (κ2) is 7.86. The molecule has 0 spiro atoms. The number of carboxylic acids is 1. The van der Waals surface area contributed by atoms with E-state index >= 15 is 0 Å². The van der Waals surface area contributed by atoms with Crippen LogP contribution in [0.4, 0.5) is 0 Å². The molecule has 1 heterocycles. The van der Waals surface area contributed by atoms with Crippen molar-refractivity contribution in [2.45, 2.75) is 71.3 Å². The van der Waals surface area contributed by atoms with Crippen LogP contribution in [0.2, 0.25) is 0 Å². The summed E-state index contributed by atoms with van der Waals surface area (Å²) >= 11 is 0. The van der Waals surface area contributed by atoms with E-state index in [2.05, 4.69) is 29.4 Å². The fourth-order valence-corrected chi connectivity index (χ4v) is 2.43. The van der Waals surface area contributed by atoms with Gasteiger partial charge in [0.25, 0.3) is 0 Å². The zero-order chi connectivity index (χ0) is 14.3. The van der Waals surface area contributed by atoms with Crippen molar-refractivity contribution in [1.29, 1.82) is 0 Å². The molecular formula is C13H24N4O2. The lowest BCUT2D eigenvalue weighted by molar-refractivity contribution is -0.138. The molecule has 1 aromatic rings. The molecule has 0 amide bonds. The molecule has 0 aliphatic rings. The maximum Gasteiger partial charge on any atom is 0.305 e. The highest BCUT2D eigenvalue weighted by Crippen LogP contribution is 2.27. The first kappa shape index (κ1) is 15.6. The standard InChI is InChI=1S/C13H24N4O2/c1-4-7-10(8-5-2)13-14-15-16-17(13)11(6-3)9-12(18)19/h10-11H,4-9H2,1-3H3,(H,18,19). The van der Waals surface area contributed by atoms with Crippen molar-refractivity contribution in [2.24, 2.45) is 0 Å². The minimum atomic E-state index is -0.809. The molecule has 6 nitrogen and oxygen atoms in total. The summed E-state index contributed by atoms with van der Waals surface area (Å²) in [5.41, 5.74) is 0. The lowest BCUT2D eigenvalue weighted by atomic mass is 9.97. The predicted octanol–water partition coefficient (Wildman–Crippen LogP) is 2.78.